The highest BCUT2D eigenvalue weighted by atomic mass is 31.2. The van der Waals surface area contributed by atoms with Crippen LogP contribution in [0.3, 0.4) is 0 Å². The lowest BCUT2D eigenvalue weighted by atomic mass is 9.99. The Morgan fingerprint density at radius 1 is 0.250 bits per heavy atom. The third kappa shape index (κ3) is 81.8. The Morgan fingerprint density at radius 2 is 0.429 bits per heavy atom. The molecule has 0 saturated carbocycles. The normalized spacial score (nSPS) is 14.5. The van der Waals surface area contributed by atoms with Gasteiger partial charge < -0.3 is 33.8 Å². The molecule has 5 unspecified atom stereocenters. The lowest BCUT2D eigenvalue weighted by molar-refractivity contribution is -0.161. The minimum absolute atomic E-state index is 0.107. The molecule has 0 spiro atoms. The van der Waals surface area contributed by atoms with E-state index < -0.39 is 97.5 Å². The molecule has 17 nitrogen and oxygen atoms in total. The van der Waals surface area contributed by atoms with Gasteiger partial charge in [-0.25, -0.2) is 9.13 Å². The summed E-state index contributed by atoms with van der Waals surface area (Å²) in [6, 6.07) is 0. The minimum Gasteiger partial charge on any atom is -0.462 e. The van der Waals surface area contributed by atoms with Gasteiger partial charge in [-0.05, 0) is 43.4 Å². The molecule has 0 bridgehead atoms. The van der Waals surface area contributed by atoms with E-state index in [4.69, 9.17) is 37.0 Å². The first-order valence-corrected chi connectivity index (χ1v) is 51.0. The molecule has 3 N–H and O–H groups in total. The Bertz CT molecular complexity index is 2150. The Morgan fingerprint density at radius 3 is 0.634 bits per heavy atom. The fraction of sp³-hybridized carbons (Fsp3) is 0.957. The van der Waals surface area contributed by atoms with Crippen LogP contribution in [0.2, 0.25) is 0 Å². The monoisotopic (exact) mass is 1630 g/mol. The third-order valence-corrected chi connectivity index (χ3v) is 24.9. The smallest absolute Gasteiger partial charge is 0.462 e. The van der Waals surface area contributed by atoms with Gasteiger partial charge in [-0.3, -0.25) is 37.3 Å². The second-order valence-electron chi connectivity index (χ2n) is 34.1. The van der Waals surface area contributed by atoms with E-state index in [1.165, 1.54) is 308 Å². The van der Waals surface area contributed by atoms with Crippen molar-refractivity contribution in [2.45, 2.75) is 516 Å². The zero-order chi connectivity index (χ0) is 82.2. The van der Waals surface area contributed by atoms with E-state index in [1.54, 1.807) is 0 Å². The van der Waals surface area contributed by atoms with Crippen molar-refractivity contribution < 1.29 is 80.2 Å². The quantitative estimate of drug-likeness (QED) is 0.0222. The SMILES string of the molecule is CCCCCCCCCCCCCCCCCCCCCCC(=O)OC[C@H](COP(=O)(O)OC[C@@H](O)COP(=O)(O)OC[C@@H](COC(=O)CCCCCCCCCCC(C)CC)OC(=O)CCCCCCCCCCCCCCCCC(C)CC)OC(=O)CCCCCCCCCCCCCCCCCCCCC(C)CC. The molecule has 0 amide bonds. The summed E-state index contributed by atoms with van der Waals surface area (Å²) in [6.45, 7) is 12.1. The van der Waals surface area contributed by atoms with E-state index in [-0.39, 0.29) is 25.7 Å². The van der Waals surface area contributed by atoms with Crippen LogP contribution in [0, 0.1) is 17.8 Å². The number of hydrogen-bond donors (Lipinski definition) is 3. The summed E-state index contributed by atoms with van der Waals surface area (Å²) >= 11 is 0. The Balaban J connectivity index is 5.25. The van der Waals surface area contributed by atoms with Crippen LogP contribution in [0.5, 0.6) is 0 Å². The summed E-state index contributed by atoms with van der Waals surface area (Å²) < 4.78 is 69.1. The van der Waals surface area contributed by atoms with Gasteiger partial charge in [0.1, 0.15) is 19.3 Å². The van der Waals surface area contributed by atoms with Crippen molar-refractivity contribution >= 4 is 39.5 Å². The Labute approximate surface area is 689 Å². The van der Waals surface area contributed by atoms with Crippen LogP contribution in [0.25, 0.3) is 0 Å². The zero-order valence-corrected chi connectivity index (χ0v) is 75.9. The molecule has 19 heteroatoms. The van der Waals surface area contributed by atoms with E-state index >= 15 is 0 Å². The zero-order valence-electron chi connectivity index (χ0n) is 74.2. The van der Waals surface area contributed by atoms with Crippen LogP contribution in [-0.4, -0.2) is 96.7 Å². The summed E-state index contributed by atoms with van der Waals surface area (Å²) in [5.74, 6) is 0.398. The molecule has 666 valence electrons. The standard InChI is InChI=1S/C93H182O17P2/c1-8-12-13-14-15-16-17-18-19-20-21-22-26-29-35-40-45-53-60-67-74-90(95)103-80-88(109-92(97)76-69-62-55-46-41-36-30-27-24-23-25-28-33-38-43-50-57-64-71-84(5)9-2)82-107-111(99,100)105-78-87(94)79-106-112(101,102)108-83-89(81-104-91(96)75-68-61-54-49-48-52-59-66-73-86(7)11-4)110-93(98)77-70-63-56-47-42-37-32-31-34-39-44-51-58-65-72-85(6)10-3/h84-89,94H,8-83H2,1-7H3,(H,99,100)(H,101,102)/t84?,85?,86?,87-,88-,89-/m1/s1. The number of ether oxygens (including phenoxy) is 4. The number of aliphatic hydroxyl groups excluding tert-OH is 1. The molecule has 0 aliphatic rings. The molecule has 0 aliphatic heterocycles. The van der Waals surface area contributed by atoms with Gasteiger partial charge in [0, 0.05) is 25.7 Å². The van der Waals surface area contributed by atoms with E-state index in [1.807, 2.05) is 0 Å². The maximum absolute atomic E-state index is 13.2. The van der Waals surface area contributed by atoms with Gasteiger partial charge >= 0.3 is 39.5 Å². The average molecular weight is 1630 g/mol. The molecular formula is C93H182O17P2. The number of hydrogen-bond acceptors (Lipinski definition) is 15. The summed E-state index contributed by atoms with van der Waals surface area (Å²) in [6.07, 6.45) is 76.3. The summed E-state index contributed by atoms with van der Waals surface area (Å²) in [4.78, 5) is 73.5. The number of rotatable bonds is 91. The highest BCUT2D eigenvalue weighted by Gasteiger charge is 2.31. The number of aliphatic hydroxyl groups is 1. The maximum atomic E-state index is 13.2. The largest absolute Gasteiger partial charge is 0.472 e. The van der Waals surface area contributed by atoms with Gasteiger partial charge in [-0.2, -0.15) is 0 Å². The molecule has 0 saturated heterocycles. The molecule has 112 heavy (non-hydrogen) atoms. The number of phosphoric ester groups is 2. The summed E-state index contributed by atoms with van der Waals surface area (Å²) in [5, 5.41) is 10.7. The number of carbonyl (C=O) groups excluding carboxylic acids is 4. The van der Waals surface area contributed by atoms with Gasteiger partial charge in [0.2, 0.25) is 0 Å². The van der Waals surface area contributed by atoms with Crippen molar-refractivity contribution in [1.29, 1.82) is 0 Å². The third-order valence-electron chi connectivity index (χ3n) is 23.0. The number of phosphoric acid groups is 2. The Kier molecular flexibility index (Phi) is 81.3. The maximum Gasteiger partial charge on any atom is 0.472 e. The predicted octanol–water partition coefficient (Wildman–Crippen LogP) is 28.8. The summed E-state index contributed by atoms with van der Waals surface area (Å²) in [5.41, 5.74) is 0. The van der Waals surface area contributed by atoms with Crippen LogP contribution >= 0.6 is 15.6 Å². The average Bonchev–Trinajstić information content (AvgIpc) is 0.897. The lowest BCUT2D eigenvalue weighted by Gasteiger charge is -2.21. The fourth-order valence-electron chi connectivity index (χ4n) is 14.5. The lowest BCUT2D eigenvalue weighted by Crippen LogP contribution is -2.30. The van der Waals surface area contributed by atoms with E-state index in [9.17, 15) is 43.2 Å². The molecule has 0 aromatic carbocycles. The van der Waals surface area contributed by atoms with E-state index in [0.29, 0.717) is 25.7 Å². The first-order chi connectivity index (χ1) is 54.3. The van der Waals surface area contributed by atoms with Gasteiger partial charge in [0.25, 0.3) is 0 Å². The fourth-order valence-corrected chi connectivity index (χ4v) is 16.1. The molecule has 0 heterocycles. The van der Waals surface area contributed by atoms with Crippen molar-refractivity contribution in [3.63, 3.8) is 0 Å². The van der Waals surface area contributed by atoms with Gasteiger partial charge in [0.15, 0.2) is 12.2 Å². The molecule has 0 aliphatic carbocycles. The van der Waals surface area contributed by atoms with Crippen LogP contribution in [-0.2, 0) is 65.4 Å². The predicted molar refractivity (Wildman–Crippen MR) is 465 cm³/mol. The molecule has 8 atom stereocenters. The van der Waals surface area contributed by atoms with Crippen LogP contribution in [0.4, 0.5) is 0 Å². The Hall–Kier alpha value is -1.94. The number of unbranched alkanes of at least 4 members (excludes halogenated alkanes) is 56. The van der Waals surface area contributed by atoms with Gasteiger partial charge in [0.05, 0.1) is 26.4 Å². The highest BCUT2D eigenvalue weighted by molar-refractivity contribution is 7.47. The second-order valence-corrected chi connectivity index (χ2v) is 37.0. The number of carbonyl (C=O) groups is 4. The number of esters is 4. The van der Waals surface area contributed by atoms with Crippen molar-refractivity contribution in [1.82, 2.24) is 0 Å². The molecule has 0 aromatic rings. The van der Waals surface area contributed by atoms with E-state index in [0.717, 1.165) is 108 Å². The van der Waals surface area contributed by atoms with E-state index in [2.05, 4.69) is 48.5 Å². The molecule has 0 fully saturated rings. The topological polar surface area (TPSA) is 237 Å². The van der Waals surface area contributed by atoms with Crippen LogP contribution in [0.15, 0.2) is 0 Å². The van der Waals surface area contributed by atoms with Crippen molar-refractivity contribution in [2.24, 2.45) is 17.8 Å². The van der Waals surface area contributed by atoms with Gasteiger partial charge in [-0.15, -0.1) is 0 Å². The molecule has 0 rings (SSSR count). The molecule has 0 aromatic heterocycles. The van der Waals surface area contributed by atoms with Crippen molar-refractivity contribution in [3.05, 3.63) is 0 Å². The summed E-state index contributed by atoms with van der Waals surface area (Å²) in [7, 11) is -9.94. The second kappa shape index (κ2) is 82.7. The molecule has 0 radical (unpaired) electrons. The van der Waals surface area contributed by atoms with Crippen molar-refractivity contribution in [2.75, 3.05) is 39.6 Å². The first kappa shape index (κ1) is 110. The molecular weight excluding hydrogens is 1450 g/mol. The first-order valence-electron chi connectivity index (χ1n) is 48.0. The van der Waals surface area contributed by atoms with Gasteiger partial charge in [-0.1, -0.05) is 447 Å². The van der Waals surface area contributed by atoms with Crippen LogP contribution in [0.1, 0.15) is 498 Å². The minimum atomic E-state index is -4.97. The highest BCUT2D eigenvalue weighted by Crippen LogP contribution is 2.45. The van der Waals surface area contributed by atoms with Crippen molar-refractivity contribution in [3.8, 4) is 0 Å². The van der Waals surface area contributed by atoms with Crippen LogP contribution < -0.4 is 0 Å².